The Labute approximate surface area is 167 Å². The lowest BCUT2D eigenvalue weighted by Crippen LogP contribution is -2.45. The number of amides is 1. The highest BCUT2D eigenvalue weighted by molar-refractivity contribution is 7.10. The lowest BCUT2D eigenvalue weighted by molar-refractivity contribution is -0.130. The van der Waals surface area contributed by atoms with Crippen LogP contribution in [-0.2, 0) is 23.4 Å². The first-order valence-corrected chi connectivity index (χ1v) is 10.9. The molecule has 0 saturated heterocycles. The molecule has 0 saturated carbocycles. The van der Waals surface area contributed by atoms with Crippen LogP contribution in [0.3, 0.4) is 0 Å². The second kappa shape index (κ2) is 8.86. The Morgan fingerprint density at radius 2 is 2.22 bits per heavy atom. The molecule has 3 N–H and O–H groups in total. The van der Waals surface area contributed by atoms with Crippen LogP contribution < -0.4 is 10.6 Å². The summed E-state index contributed by atoms with van der Waals surface area (Å²) in [6.45, 7) is 6.24. The zero-order chi connectivity index (χ0) is 19.3. The molecule has 2 aromatic rings. The molecule has 3 heterocycles. The molecule has 2 aromatic heterocycles. The minimum Gasteiger partial charge on any atom is -0.384 e. The molecule has 0 aromatic carbocycles. The van der Waals surface area contributed by atoms with Crippen LogP contribution in [0.25, 0.3) is 0 Å². The third-order valence-corrected chi connectivity index (χ3v) is 6.33. The Hall–Kier alpha value is -1.90. The molecule has 0 fully saturated rings. The van der Waals surface area contributed by atoms with Crippen molar-refractivity contribution in [1.82, 2.24) is 15.5 Å². The largest absolute Gasteiger partial charge is 0.384 e. The maximum absolute atomic E-state index is 12.5. The van der Waals surface area contributed by atoms with Gasteiger partial charge in [0.15, 0.2) is 5.96 Å². The summed E-state index contributed by atoms with van der Waals surface area (Å²) in [5.41, 5.74) is 1.12. The van der Waals surface area contributed by atoms with E-state index in [4.69, 9.17) is 0 Å². The molecule has 0 radical (unpaired) electrons. The Kier molecular flexibility index (Phi) is 6.51. The van der Waals surface area contributed by atoms with Gasteiger partial charge in [0.2, 0.25) is 5.91 Å². The standard InChI is InChI=1S/C19H26N4O2S2/c1-3-20-18(22-13-19(2,25)15-6-8-26-12-15)21-10-17(24)23-7-4-16-14(11-23)5-9-27-16/h5-6,8-9,12,25H,3-4,7,10-11,13H2,1-2H3,(H2,20,21,22). The second-order valence-electron chi connectivity index (χ2n) is 6.77. The van der Waals surface area contributed by atoms with Gasteiger partial charge in [-0.05, 0) is 59.7 Å². The molecule has 8 heteroatoms. The fraction of sp³-hybridized carbons (Fsp3) is 0.474. The van der Waals surface area contributed by atoms with Gasteiger partial charge >= 0.3 is 0 Å². The number of nitrogens with zero attached hydrogens (tertiary/aromatic N) is 2. The molecular formula is C19H26N4O2S2. The maximum Gasteiger partial charge on any atom is 0.244 e. The number of fused-ring (bicyclic) bond motifs is 1. The average Bonchev–Trinajstić information content (AvgIpc) is 3.35. The van der Waals surface area contributed by atoms with Gasteiger partial charge < -0.3 is 20.6 Å². The molecule has 1 atom stereocenters. The van der Waals surface area contributed by atoms with Gasteiger partial charge in [-0.1, -0.05) is 0 Å². The molecular weight excluding hydrogens is 380 g/mol. The predicted octanol–water partition coefficient (Wildman–Crippen LogP) is 2.16. The third-order valence-electron chi connectivity index (χ3n) is 4.62. The van der Waals surface area contributed by atoms with E-state index in [-0.39, 0.29) is 12.5 Å². The first-order valence-electron chi connectivity index (χ1n) is 9.10. The van der Waals surface area contributed by atoms with Crippen molar-refractivity contribution in [1.29, 1.82) is 0 Å². The van der Waals surface area contributed by atoms with Crippen LogP contribution in [0.2, 0.25) is 0 Å². The first kappa shape index (κ1) is 19.9. The number of aliphatic hydroxyl groups is 1. The topological polar surface area (TPSA) is 77.0 Å². The van der Waals surface area contributed by atoms with Crippen LogP contribution in [-0.4, -0.2) is 48.1 Å². The summed E-state index contributed by atoms with van der Waals surface area (Å²) in [6.07, 6.45) is 0.921. The van der Waals surface area contributed by atoms with Crippen molar-refractivity contribution < 1.29 is 9.90 Å². The molecule has 146 valence electrons. The van der Waals surface area contributed by atoms with Crippen LogP contribution in [0.15, 0.2) is 33.3 Å². The summed E-state index contributed by atoms with van der Waals surface area (Å²) >= 11 is 3.32. The van der Waals surface area contributed by atoms with Crippen molar-refractivity contribution in [3.63, 3.8) is 0 Å². The van der Waals surface area contributed by atoms with E-state index in [1.807, 2.05) is 28.7 Å². The molecule has 1 unspecified atom stereocenters. The number of carbonyl (C=O) groups is 1. The van der Waals surface area contributed by atoms with E-state index >= 15 is 0 Å². The summed E-state index contributed by atoms with van der Waals surface area (Å²) in [5.74, 6) is 0.559. The molecule has 1 aliphatic heterocycles. The van der Waals surface area contributed by atoms with Crippen LogP contribution in [0.5, 0.6) is 0 Å². The number of guanidine groups is 1. The number of carbonyl (C=O) groups excluding carboxylic acids is 1. The third kappa shape index (κ3) is 5.09. The minimum absolute atomic E-state index is 0.0219. The van der Waals surface area contributed by atoms with Gasteiger partial charge in [0, 0.05) is 24.5 Å². The molecule has 1 aliphatic rings. The molecule has 1 amide bonds. The molecule has 3 rings (SSSR count). The summed E-state index contributed by atoms with van der Waals surface area (Å²) in [7, 11) is 0. The van der Waals surface area contributed by atoms with Crippen molar-refractivity contribution in [2.24, 2.45) is 4.99 Å². The Morgan fingerprint density at radius 1 is 1.37 bits per heavy atom. The van der Waals surface area contributed by atoms with Crippen molar-refractivity contribution in [2.45, 2.75) is 32.4 Å². The number of thiophene rings is 2. The van der Waals surface area contributed by atoms with Crippen molar-refractivity contribution in [3.8, 4) is 0 Å². The predicted molar refractivity (Wildman–Crippen MR) is 111 cm³/mol. The van der Waals surface area contributed by atoms with E-state index < -0.39 is 5.60 Å². The van der Waals surface area contributed by atoms with Gasteiger partial charge in [-0.3, -0.25) is 4.79 Å². The average molecular weight is 407 g/mol. The van der Waals surface area contributed by atoms with Crippen molar-refractivity contribution in [2.75, 3.05) is 26.2 Å². The highest BCUT2D eigenvalue weighted by Gasteiger charge is 2.24. The number of aliphatic imine (C=N–C) groups is 1. The zero-order valence-electron chi connectivity index (χ0n) is 15.7. The Balaban J connectivity index is 1.56. The van der Waals surface area contributed by atoms with E-state index in [1.54, 1.807) is 29.6 Å². The zero-order valence-corrected chi connectivity index (χ0v) is 17.3. The van der Waals surface area contributed by atoms with Crippen molar-refractivity contribution in [3.05, 3.63) is 44.3 Å². The fourth-order valence-corrected chi connectivity index (χ4v) is 4.65. The van der Waals surface area contributed by atoms with Crippen LogP contribution in [0.1, 0.15) is 29.9 Å². The second-order valence-corrected chi connectivity index (χ2v) is 8.55. The van der Waals surface area contributed by atoms with Gasteiger partial charge in [0.25, 0.3) is 0 Å². The van der Waals surface area contributed by atoms with Gasteiger partial charge in [-0.15, -0.1) is 11.3 Å². The van der Waals surface area contributed by atoms with Gasteiger partial charge in [0.05, 0.1) is 6.54 Å². The molecule has 0 bridgehead atoms. The van der Waals surface area contributed by atoms with E-state index in [1.165, 1.54) is 10.4 Å². The molecule has 6 nitrogen and oxygen atoms in total. The normalized spacial score (nSPS) is 16.6. The summed E-state index contributed by atoms with van der Waals surface area (Å²) in [5, 5.41) is 22.9. The molecule has 0 spiro atoms. The number of nitrogens with one attached hydrogen (secondary N) is 2. The van der Waals surface area contributed by atoms with Crippen LogP contribution in [0.4, 0.5) is 0 Å². The fourth-order valence-electron chi connectivity index (χ4n) is 2.98. The number of hydrogen-bond donors (Lipinski definition) is 3. The van der Waals surface area contributed by atoms with Crippen LogP contribution >= 0.6 is 22.7 Å². The Morgan fingerprint density at radius 3 is 2.96 bits per heavy atom. The highest BCUT2D eigenvalue weighted by atomic mass is 32.1. The number of rotatable bonds is 6. The molecule has 0 aliphatic carbocycles. The summed E-state index contributed by atoms with van der Waals surface area (Å²) in [4.78, 5) is 20.2. The number of hydrogen-bond acceptors (Lipinski definition) is 5. The van der Waals surface area contributed by atoms with Gasteiger partial charge in [-0.2, -0.15) is 11.3 Å². The maximum atomic E-state index is 12.5. The van der Waals surface area contributed by atoms with E-state index in [9.17, 15) is 9.90 Å². The van der Waals surface area contributed by atoms with E-state index in [0.717, 1.165) is 18.5 Å². The van der Waals surface area contributed by atoms with E-state index in [2.05, 4.69) is 27.1 Å². The quantitative estimate of drug-likeness (QED) is 0.508. The SMILES string of the molecule is CCNC(=NCC(=O)N1CCc2sccc2C1)NCC(C)(O)c1ccsc1. The first-order chi connectivity index (χ1) is 13.0. The molecule has 27 heavy (non-hydrogen) atoms. The lowest BCUT2D eigenvalue weighted by Gasteiger charge is -2.27. The Bertz CT molecular complexity index is 783. The van der Waals surface area contributed by atoms with Gasteiger partial charge in [0.1, 0.15) is 12.1 Å². The van der Waals surface area contributed by atoms with Gasteiger partial charge in [-0.25, -0.2) is 4.99 Å². The summed E-state index contributed by atoms with van der Waals surface area (Å²) in [6, 6.07) is 4.01. The summed E-state index contributed by atoms with van der Waals surface area (Å²) < 4.78 is 0. The van der Waals surface area contributed by atoms with Crippen molar-refractivity contribution >= 4 is 34.5 Å². The lowest BCUT2D eigenvalue weighted by atomic mass is 9.99. The smallest absolute Gasteiger partial charge is 0.244 e. The minimum atomic E-state index is -0.998. The monoisotopic (exact) mass is 406 g/mol. The van der Waals surface area contributed by atoms with Crippen LogP contribution in [0, 0.1) is 0 Å². The highest BCUT2D eigenvalue weighted by Crippen LogP contribution is 2.24. The van der Waals surface area contributed by atoms with E-state index in [0.29, 0.717) is 25.6 Å².